The monoisotopic (exact) mass is 739 g/mol. The molecule has 286 valence electrons. The van der Waals surface area contributed by atoms with Crippen molar-refractivity contribution in [2.75, 3.05) is 13.2 Å². The van der Waals surface area contributed by atoms with Crippen molar-refractivity contribution in [2.45, 2.75) is 90.9 Å². The highest BCUT2D eigenvalue weighted by atomic mass is 16.6. The minimum Gasteiger partial charge on any atom is -0.480 e. The SMILES string of the molecule is CC(C)=CCC/C(C)=C/CC/C(C)=C/Cn1cnc2c(ncn2[C@H]2C[C@@H](O)[C@@H](CO)O2)c1=O.O=C(O)CNC(=O)OC1c2ccccc2-c2ccccc21. The first-order valence-corrected chi connectivity index (χ1v) is 18.1. The van der Waals surface area contributed by atoms with E-state index in [1.165, 1.54) is 29.4 Å². The van der Waals surface area contributed by atoms with Gasteiger partial charge in [-0.05, 0) is 64.5 Å². The van der Waals surface area contributed by atoms with Crippen LogP contribution < -0.4 is 10.9 Å². The third kappa shape index (κ3) is 9.98. The maximum absolute atomic E-state index is 12.9. The molecule has 6 rings (SSSR count). The molecule has 13 nitrogen and oxygen atoms in total. The van der Waals surface area contributed by atoms with E-state index in [0.29, 0.717) is 18.6 Å². The Kier molecular flexibility index (Phi) is 13.7. The summed E-state index contributed by atoms with van der Waals surface area (Å²) >= 11 is 0. The molecular formula is C41H49N5O8. The summed E-state index contributed by atoms with van der Waals surface area (Å²) in [5, 5.41) is 30.1. The average molecular weight is 740 g/mol. The van der Waals surface area contributed by atoms with Crippen LogP contribution in [0.2, 0.25) is 0 Å². The van der Waals surface area contributed by atoms with Gasteiger partial charge in [0.2, 0.25) is 0 Å². The molecule has 2 aliphatic rings. The van der Waals surface area contributed by atoms with Crippen LogP contribution in [0.4, 0.5) is 4.79 Å². The molecule has 0 bridgehead atoms. The van der Waals surface area contributed by atoms with E-state index in [1.54, 1.807) is 9.13 Å². The maximum Gasteiger partial charge on any atom is 0.408 e. The van der Waals surface area contributed by atoms with Crippen molar-refractivity contribution in [3.63, 3.8) is 0 Å². The Morgan fingerprint density at radius 1 is 0.926 bits per heavy atom. The lowest BCUT2D eigenvalue weighted by atomic mass is 10.1. The molecular weight excluding hydrogens is 690 g/mol. The van der Waals surface area contributed by atoms with Crippen LogP contribution in [0, 0.1) is 0 Å². The zero-order valence-corrected chi connectivity index (χ0v) is 31.1. The number of ether oxygens (including phenoxy) is 2. The van der Waals surface area contributed by atoms with Crippen LogP contribution in [0.15, 0.2) is 101 Å². The van der Waals surface area contributed by atoms with E-state index in [2.05, 4.69) is 61.2 Å². The van der Waals surface area contributed by atoms with Gasteiger partial charge in [0.15, 0.2) is 17.3 Å². The van der Waals surface area contributed by atoms with Gasteiger partial charge in [-0.15, -0.1) is 0 Å². The van der Waals surface area contributed by atoms with Crippen molar-refractivity contribution in [3.8, 4) is 11.1 Å². The lowest BCUT2D eigenvalue weighted by molar-refractivity contribution is -0.135. The number of aliphatic carboxylic acids is 1. The summed E-state index contributed by atoms with van der Waals surface area (Å²) in [5.74, 6) is -1.11. The van der Waals surface area contributed by atoms with Crippen molar-refractivity contribution in [3.05, 3.63) is 118 Å². The van der Waals surface area contributed by atoms with Gasteiger partial charge in [0.25, 0.3) is 5.56 Å². The fourth-order valence-electron chi connectivity index (χ4n) is 6.46. The molecule has 0 saturated carbocycles. The molecule has 2 aromatic heterocycles. The van der Waals surface area contributed by atoms with Gasteiger partial charge in [-0.1, -0.05) is 83.5 Å². The number of allylic oxidation sites excluding steroid dienone is 6. The second-order valence-corrected chi connectivity index (χ2v) is 13.8. The van der Waals surface area contributed by atoms with Gasteiger partial charge >= 0.3 is 12.1 Å². The van der Waals surface area contributed by atoms with E-state index in [-0.39, 0.29) is 17.7 Å². The Hall–Kier alpha value is -5.37. The van der Waals surface area contributed by atoms with Gasteiger partial charge < -0.3 is 30.1 Å². The number of carboxylic acids is 1. The summed E-state index contributed by atoms with van der Waals surface area (Å²) in [6, 6.07) is 15.4. The summed E-state index contributed by atoms with van der Waals surface area (Å²) in [7, 11) is 0. The number of rotatable bonds is 13. The lowest BCUT2D eigenvalue weighted by Crippen LogP contribution is -2.30. The molecule has 1 fully saturated rings. The number of hydrogen-bond acceptors (Lipinski definition) is 9. The smallest absolute Gasteiger partial charge is 0.408 e. The Morgan fingerprint density at radius 2 is 1.56 bits per heavy atom. The van der Waals surface area contributed by atoms with Crippen LogP contribution in [-0.4, -0.2) is 71.8 Å². The number of aliphatic hydroxyl groups is 2. The first-order chi connectivity index (χ1) is 26.0. The number of alkyl carbamates (subject to hydrolysis) is 1. The van der Waals surface area contributed by atoms with E-state index >= 15 is 0 Å². The number of aliphatic hydroxyl groups excluding tert-OH is 2. The molecule has 0 unspecified atom stereocenters. The van der Waals surface area contributed by atoms with Crippen molar-refractivity contribution in [2.24, 2.45) is 0 Å². The number of benzene rings is 2. The molecule has 1 saturated heterocycles. The quantitative estimate of drug-likeness (QED) is 0.115. The molecule has 0 radical (unpaired) electrons. The lowest BCUT2D eigenvalue weighted by Gasteiger charge is -2.15. The molecule has 4 aromatic rings. The minimum absolute atomic E-state index is 0.213. The number of nitrogens with zero attached hydrogens (tertiary/aromatic N) is 4. The van der Waals surface area contributed by atoms with E-state index in [9.17, 15) is 24.6 Å². The second-order valence-electron chi connectivity index (χ2n) is 13.8. The highest BCUT2D eigenvalue weighted by Crippen LogP contribution is 2.45. The van der Waals surface area contributed by atoms with Crippen LogP contribution in [0.25, 0.3) is 22.3 Å². The molecule has 2 aromatic carbocycles. The Morgan fingerprint density at radius 3 is 2.17 bits per heavy atom. The van der Waals surface area contributed by atoms with E-state index < -0.39 is 43.1 Å². The average Bonchev–Trinajstić information content (AvgIpc) is 3.84. The highest BCUT2D eigenvalue weighted by molar-refractivity contribution is 5.81. The standard InChI is InChI=1S/C25H36N4O4.C16H13NO4/c1-17(2)7-5-8-18(3)9-6-10-19(4)11-12-28-15-27-24-23(25(28)32)26-16-29(24)22-13-20(31)21(14-30)33-22;18-14(19)9-17-16(20)21-15-12-7-3-1-5-10(12)11-6-2-4-8-13(11)15/h7,9,11,15-16,20-22,30-31H,5-6,8,10,12-14H2,1-4H3;1-8,15H,9H2,(H,17,20)(H,18,19)/b18-9+,19-11+;/t20-,21-,22-;/m1./s1. The number of carbonyl (C=O) groups is 2. The predicted octanol–water partition coefficient (Wildman–Crippen LogP) is 6.22. The predicted molar refractivity (Wildman–Crippen MR) is 205 cm³/mol. The summed E-state index contributed by atoms with van der Waals surface area (Å²) < 4.78 is 14.3. The van der Waals surface area contributed by atoms with Crippen LogP contribution in [0.1, 0.15) is 83.3 Å². The number of hydrogen-bond donors (Lipinski definition) is 4. The van der Waals surface area contributed by atoms with Crippen LogP contribution in [0.5, 0.6) is 0 Å². The molecule has 3 atom stereocenters. The summed E-state index contributed by atoms with van der Waals surface area (Å²) in [6.45, 7) is 8.22. The molecule has 1 aliphatic heterocycles. The number of aromatic nitrogens is 4. The van der Waals surface area contributed by atoms with E-state index in [1.807, 2.05) is 48.5 Å². The molecule has 4 N–H and O–H groups in total. The number of nitrogens with one attached hydrogen (secondary N) is 1. The highest BCUT2D eigenvalue weighted by Gasteiger charge is 2.35. The zero-order chi connectivity index (χ0) is 38.8. The summed E-state index contributed by atoms with van der Waals surface area (Å²) in [5.41, 5.74) is 8.34. The maximum atomic E-state index is 12.9. The van der Waals surface area contributed by atoms with Crippen molar-refractivity contribution in [1.29, 1.82) is 0 Å². The number of carbonyl (C=O) groups excluding carboxylic acids is 1. The number of amides is 1. The summed E-state index contributed by atoms with van der Waals surface area (Å²) in [4.78, 5) is 43.7. The third-order valence-electron chi connectivity index (χ3n) is 9.39. The van der Waals surface area contributed by atoms with Gasteiger partial charge in [0.05, 0.1) is 19.0 Å². The normalized spacial score (nSPS) is 18.1. The third-order valence-corrected chi connectivity index (χ3v) is 9.39. The van der Waals surface area contributed by atoms with Crippen LogP contribution >= 0.6 is 0 Å². The minimum atomic E-state index is -1.11. The molecule has 1 aliphatic carbocycles. The second kappa shape index (κ2) is 18.6. The van der Waals surface area contributed by atoms with Crippen molar-refractivity contribution >= 4 is 23.2 Å². The topological polar surface area (TPSA) is 178 Å². The first kappa shape index (κ1) is 39.8. The number of imidazole rings is 1. The van der Waals surface area contributed by atoms with Crippen LogP contribution in [-0.2, 0) is 20.8 Å². The molecule has 13 heteroatoms. The number of carboxylic acid groups (broad SMARTS) is 1. The van der Waals surface area contributed by atoms with Gasteiger partial charge in [-0.2, -0.15) is 0 Å². The molecule has 54 heavy (non-hydrogen) atoms. The number of fused-ring (bicyclic) bond motifs is 4. The Bertz CT molecular complexity index is 2050. The van der Waals surface area contributed by atoms with E-state index in [0.717, 1.165) is 47.9 Å². The van der Waals surface area contributed by atoms with E-state index in [4.69, 9.17) is 14.6 Å². The van der Waals surface area contributed by atoms with Crippen molar-refractivity contribution in [1.82, 2.24) is 24.4 Å². The fourth-order valence-corrected chi connectivity index (χ4v) is 6.46. The van der Waals surface area contributed by atoms with Gasteiger partial charge in [-0.3, -0.25) is 18.7 Å². The zero-order valence-electron chi connectivity index (χ0n) is 31.1. The summed E-state index contributed by atoms with van der Waals surface area (Å²) in [6.07, 6.45) is 10.9. The van der Waals surface area contributed by atoms with Gasteiger partial charge in [0.1, 0.15) is 25.2 Å². The fraction of sp³-hybridized carbons (Fsp3) is 0.390. The largest absolute Gasteiger partial charge is 0.480 e. The first-order valence-electron chi connectivity index (χ1n) is 18.1. The molecule has 1 amide bonds. The Labute approximate surface area is 314 Å². The molecule has 0 spiro atoms. The van der Waals surface area contributed by atoms with Gasteiger partial charge in [0, 0.05) is 24.1 Å². The van der Waals surface area contributed by atoms with Gasteiger partial charge in [-0.25, -0.2) is 14.8 Å². The van der Waals surface area contributed by atoms with Crippen LogP contribution in [0.3, 0.4) is 0 Å². The van der Waals surface area contributed by atoms with Crippen molar-refractivity contribution < 1.29 is 34.4 Å². The molecule has 3 heterocycles. The Balaban J connectivity index is 0.000000228.